The monoisotopic (exact) mass is 365 g/mol. The van der Waals surface area contributed by atoms with Crippen LogP contribution in [0.25, 0.3) is 0 Å². The molecule has 1 N–H and O–H groups in total. The largest absolute Gasteiger partial charge is 0.478 e. The second-order valence-electron chi connectivity index (χ2n) is 6.00. The van der Waals surface area contributed by atoms with Gasteiger partial charge in [-0.15, -0.1) is 0 Å². The molecule has 1 amide bonds. The van der Waals surface area contributed by atoms with Crippen molar-refractivity contribution in [3.63, 3.8) is 0 Å². The molecule has 1 aromatic heterocycles. The molecule has 0 aliphatic carbocycles. The van der Waals surface area contributed by atoms with Gasteiger partial charge < -0.3 is 10.0 Å². The number of piperidine rings is 1. The van der Waals surface area contributed by atoms with Gasteiger partial charge in [0.05, 0.1) is 24.2 Å². The van der Waals surface area contributed by atoms with E-state index in [9.17, 15) is 14.0 Å². The summed E-state index contributed by atoms with van der Waals surface area (Å²) in [7, 11) is 0. The maximum atomic E-state index is 13.8. The number of hydrogen-bond donors (Lipinski definition) is 1. The van der Waals surface area contributed by atoms with Crippen molar-refractivity contribution in [2.24, 2.45) is 0 Å². The number of carbonyl (C=O) groups excluding carboxylic acids is 1. The summed E-state index contributed by atoms with van der Waals surface area (Å²) in [6, 6.07) is 4.41. The van der Waals surface area contributed by atoms with E-state index in [-0.39, 0.29) is 34.5 Å². The highest BCUT2D eigenvalue weighted by Crippen LogP contribution is 2.24. The first-order valence-corrected chi connectivity index (χ1v) is 8.31. The molecule has 1 aromatic carbocycles. The smallest absolute Gasteiger partial charge is 0.338 e. The fraction of sp³-hybridized carbons (Fsp3) is 0.353. The third-order valence-electron chi connectivity index (χ3n) is 4.43. The quantitative estimate of drug-likeness (QED) is 0.904. The predicted octanol–water partition coefficient (Wildman–Crippen LogP) is 2.78. The number of nitrogens with zero attached hydrogens (tertiary/aromatic N) is 3. The molecule has 0 bridgehead atoms. The van der Waals surface area contributed by atoms with Crippen LogP contribution in [0.5, 0.6) is 0 Å². The Morgan fingerprint density at radius 1 is 1.32 bits per heavy atom. The summed E-state index contributed by atoms with van der Waals surface area (Å²) < 4.78 is 15.5. The first-order chi connectivity index (χ1) is 12.0. The van der Waals surface area contributed by atoms with Gasteiger partial charge in [-0.2, -0.15) is 5.10 Å². The minimum atomic E-state index is -1.01. The molecule has 6 nitrogen and oxygen atoms in total. The van der Waals surface area contributed by atoms with E-state index in [2.05, 4.69) is 5.10 Å². The van der Waals surface area contributed by atoms with Crippen LogP contribution in [0.1, 0.15) is 34.8 Å². The highest BCUT2D eigenvalue weighted by atomic mass is 35.5. The van der Waals surface area contributed by atoms with E-state index in [0.29, 0.717) is 25.9 Å². The van der Waals surface area contributed by atoms with Crippen LogP contribution in [0, 0.1) is 5.82 Å². The van der Waals surface area contributed by atoms with E-state index in [1.165, 1.54) is 24.5 Å². The number of carbonyl (C=O) groups is 2. The van der Waals surface area contributed by atoms with E-state index in [4.69, 9.17) is 16.7 Å². The molecule has 8 heteroatoms. The number of carboxylic acids is 1. The van der Waals surface area contributed by atoms with E-state index in [1.807, 2.05) is 0 Å². The second kappa shape index (κ2) is 7.23. The molecule has 0 saturated carbocycles. The van der Waals surface area contributed by atoms with Gasteiger partial charge in [-0.3, -0.25) is 9.48 Å². The molecule has 1 fully saturated rings. The number of rotatable bonds is 4. The Bertz CT molecular complexity index is 780. The van der Waals surface area contributed by atoms with Gasteiger partial charge in [-0.05, 0) is 25.0 Å². The van der Waals surface area contributed by atoms with Crippen LogP contribution < -0.4 is 0 Å². The van der Waals surface area contributed by atoms with Crippen molar-refractivity contribution in [2.75, 3.05) is 13.1 Å². The van der Waals surface area contributed by atoms with Crippen molar-refractivity contribution < 1.29 is 19.1 Å². The molecule has 2 heterocycles. The molecule has 0 radical (unpaired) electrons. The Kier molecular flexibility index (Phi) is 5.03. The SMILES string of the molecule is O=C(O)c1cnn(C2CCN(C(=O)Cc3c(F)cccc3Cl)CC2)c1. The maximum absolute atomic E-state index is 13.8. The average Bonchev–Trinajstić information content (AvgIpc) is 3.09. The van der Waals surface area contributed by atoms with Crippen LogP contribution in [-0.2, 0) is 11.2 Å². The number of benzene rings is 1. The predicted molar refractivity (Wildman–Crippen MR) is 89.2 cm³/mol. The topological polar surface area (TPSA) is 75.4 Å². The van der Waals surface area contributed by atoms with Gasteiger partial charge in [0, 0.05) is 29.9 Å². The molecule has 0 atom stereocenters. The molecule has 2 aromatic rings. The number of halogens is 2. The Hall–Kier alpha value is -2.41. The summed E-state index contributed by atoms with van der Waals surface area (Å²) in [6.45, 7) is 1.02. The Morgan fingerprint density at radius 3 is 2.64 bits per heavy atom. The molecule has 1 aliphatic heterocycles. The summed E-state index contributed by atoms with van der Waals surface area (Å²) in [5, 5.41) is 13.3. The first-order valence-electron chi connectivity index (χ1n) is 7.94. The molecule has 1 saturated heterocycles. The standard InChI is InChI=1S/C17H17ClFN3O3/c18-14-2-1-3-15(19)13(14)8-16(23)21-6-4-12(5-7-21)22-10-11(9-20-22)17(24)25/h1-3,9-10,12H,4-8H2,(H,24,25). The fourth-order valence-corrected chi connectivity index (χ4v) is 3.22. The number of amides is 1. The van der Waals surface area contributed by atoms with Gasteiger partial charge >= 0.3 is 5.97 Å². The summed E-state index contributed by atoms with van der Waals surface area (Å²) >= 11 is 5.97. The minimum absolute atomic E-state index is 0.0502. The van der Waals surface area contributed by atoms with Crippen molar-refractivity contribution in [3.8, 4) is 0 Å². The summed E-state index contributed by atoms with van der Waals surface area (Å²) in [6.07, 6.45) is 4.08. The Labute approximate surface area is 148 Å². The summed E-state index contributed by atoms with van der Waals surface area (Å²) in [4.78, 5) is 25.0. The van der Waals surface area contributed by atoms with Crippen molar-refractivity contribution in [1.29, 1.82) is 0 Å². The van der Waals surface area contributed by atoms with Gasteiger partial charge in [0.25, 0.3) is 0 Å². The summed E-state index contributed by atoms with van der Waals surface area (Å²) in [5.74, 6) is -1.66. The fourth-order valence-electron chi connectivity index (χ4n) is 2.99. The lowest BCUT2D eigenvalue weighted by atomic mass is 10.0. The van der Waals surface area contributed by atoms with Crippen LogP contribution in [0.15, 0.2) is 30.6 Å². The minimum Gasteiger partial charge on any atom is -0.478 e. The lowest BCUT2D eigenvalue weighted by Crippen LogP contribution is -2.40. The van der Waals surface area contributed by atoms with E-state index < -0.39 is 11.8 Å². The molecular weight excluding hydrogens is 349 g/mol. The molecule has 1 aliphatic rings. The molecule has 3 rings (SSSR count). The third kappa shape index (κ3) is 3.82. The molecule has 0 spiro atoms. The number of carboxylic acid groups (broad SMARTS) is 1. The number of hydrogen-bond acceptors (Lipinski definition) is 3. The lowest BCUT2D eigenvalue weighted by Gasteiger charge is -2.32. The normalized spacial score (nSPS) is 15.4. The number of likely N-dealkylation sites (tertiary alicyclic amines) is 1. The second-order valence-corrected chi connectivity index (χ2v) is 6.41. The summed E-state index contributed by atoms with van der Waals surface area (Å²) in [5.41, 5.74) is 0.363. The maximum Gasteiger partial charge on any atom is 0.338 e. The van der Waals surface area contributed by atoms with Gasteiger partial charge in [-0.25, -0.2) is 9.18 Å². The average molecular weight is 366 g/mol. The van der Waals surface area contributed by atoms with Gasteiger partial charge in [-0.1, -0.05) is 17.7 Å². The zero-order valence-corrected chi connectivity index (χ0v) is 14.1. The van der Waals surface area contributed by atoms with Gasteiger partial charge in [0.1, 0.15) is 5.82 Å². The van der Waals surface area contributed by atoms with E-state index in [0.717, 1.165) is 0 Å². The third-order valence-corrected chi connectivity index (χ3v) is 4.78. The van der Waals surface area contributed by atoms with Gasteiger partial charge in [0.15, 0.2) is 0 Å². The Morgan fingerprint density at radius 2 is 2.04 bits per heavy atom. The van der Waals surface area contributed by atoms with E-state index in [1.54, 1.807) is 15.6 Å². The Balaban J connectivity index is 1.60. The van der Waals surface area contributed by atoms with Crippen LogP contribution in [0.4, 0.5) is 4.39 Å². The van der Waals surface area contributed by atoms with Crippen LogP contribution in [0.2, 0.25) is 5.02 Å². The molecule has 132 valence electrons. The van der Waals surface area contributed by atoms with Gasteiger partial charge in [0.2, 0.25) is 5.91 Å². The van der Waals surface area contributed by atoms with Crippen molar-refractivity contribution >= 4 is 23.5 Å². The zero-order valence-electron chi connectivity index (χ0n) is 13.4. The van der Waals surface area contributed by atoms with Crippen molar-refractivity contribution in [2.45, 2.75) is 25.3 Å². The highest BCUT2D eigenvalue weighted by molar-refractivity contribution is 6.31. The lowest BCUT2D eigenvalue weighted by molar-refractivity contribution is -0.131. The molecule has 25 heavy (non-hydrogen) atoms. The van der Waals surface area contributed by atoms with E-state index >= 15 is 0 Å². The number of aromatic nitrogens is 2. The van der Waals surface area contributed by atoms with Crippen LogP contribution in [0.3, 0.4) is 0 Å². The van der Waals surface area contributed by atoms with Crippen molar-refractivity contribution in [3.05, 3.63) is 52.6 Å². The van der Waals surface area contributed by atoms with Crippen LogP contribution >= 0.6 is 11.6 Å². The first kappa shape index (κ1) is 17.4. The molecular formula is C17H17ClFN3O3. The zero-order chi connectivity index (χ0) is 18.0. The van der Waals surface area contributed by atoms with Crippen molar-refractivity contribution in [1.82, 2.24) is 14.7 Å². The molecule has 0 unspecified atom stereocenters. The highest BCUT2D eigenvalue weighted by Gasteiger charge is 2.25. The van der Waals surface area contributed by atoms with Crippen LogP contribution in [-0.4, -0.2) is 44.8 Å². The number of aromatic carboxylic acids is 1.